The number of carbonyl (C=O) groups excluding carboxylic acids is 1. The summed E-state index contributed by atoms with van der Waals surface area (Å²) in [4.78, 5) is 13.2. The van der Waals surface area contributed by atoms with Gasteiger partial charge in [0.2, 0.25) is 0 Å². The molecule has 150 valence electrons. The number of nitrogens with zero attached hydrogens (tertiary/aromatic N) is 1. The Morgan fingerprint density at radius 1 is 0.760 bits per heavy atom. The van der Waals surface area contributed by atoms with Crippen LogP contribution in [0.25, 0.3) is 0 Å². The van der Waals surface area contributed by atoms with Crippen molar-refractivity contribution in [1.29, 1.82) is 0 Å². The van der Waals surface area contributed by atoms with Crippen LogP contribution in [0, 0.1) is 0 Å². The number of carbonyl (C=O) groups is 1. The SMILES string of the molecule is COCCOCCOCCOCCOCCN(C)C(=O)OC(C)(C)C. The zero-order chi connectivity index (χ0) is 19.0. The van der Waals surface area contributed by atoms with Crippen LogP contribution >= 0.6 is 0 Å². The highest BCUT2D eigenvalue weighted by molar-refractivity contribution is 5.67. The summed E-state index contributed by atoms with van der Waals surface area (Å²) >= 11 is 0. The van der Waals surface area contributed by atoms with Gasteiger partial charge in [0, 0.05) is 20.7 Å². The Labute approximate surface area is 151 Å². The average Bonchev–Trinajstić information content (AvgIpc) is 2.53. The van der Waals surface area contributed by atoms with Gasteiger partial charge in [0.1, 0.15) is 5.60 Å². The predicted molar refractivity (Wildman–Crippen MR) is 94.0 cm³/mol. The van der Waals surface area contributed by atoms with Gasteiger partial charge >= 0.3 is 6.09 Å². The van der Waals surface area contributed by atoms with Crippen molar-refractivity contribution >= 4 is 6.09 Å². The minimum atomic E-state index is -0.488. The standard InChI is InChI=1S/C17H35NO7/c1-17(2,3)25-16(19)18(4)6-7-21-10-11-23-14-15-24-13-12-22-9-8-20-5/h6-15H2,1-5H3. The van der Waals surface area contributed by atoms with Crippen LogP contribution < -0.4 is 0 Å². The van der Waals surface area contributed by atoms with Crippen molar-refractivity contribution in [2.45, 2.75) is 26.4 Å². The Hall–Kier alpha value is -0.930. The number of hydrogen-bond acceptors (Lipinski definition) is 7. The fourth-order valence-corrected chi connectivity index (χ4v) is 1.54. The van der Waals surface area contributed by atoms with Gasteiger partial charge in [-0.25, -0.2) is 4.79 Å². The molecular weight excluding hydrogens is 330 g/mol. The van der Waals surface area contributed by atoms with Gasteiger partial charge in [-0.1, -0.05) is 0 Å². The molecular formula is C17H35NO7. The first-order chi connectivity index (χ1) is 11.9. The second-order valence-electron chi connectivity index (χ2n) is 6.34. The second-order valence-corrected chi connectivity index (χ2v) is 6.34. The van der Waals surface area contributed by atoms with Crippen molar-refractivity contribution < 1.29 is 33.2 Å². The van der Waals surface area contributed by atoms with E-state index in [1.54, 1.807) is 14.2 Å². The van der Waals surface area contributed by atoms with Crippen LogP contribution in [-0.2, 0) is 28.4 Å². The molecule has 1 amide bonds. The van der Waals surface area contributed by atoms with E-state index in [-0.39, 0.29) is 6.09 Å². The number of amides is 1. The molecule has 0 radical (unpaired) electrons. The molecule has 25 heavy (non-hydrogen) atoms. The number of ether oxygens (including phenoxy) is 6. The number of hydrogen-bond donors (Lipinski definition) is 0. The zero-order valence-electron chi connectivity index (χ0n) is 16.4. The maximum absolute atomic E-state index is 11.7. The third kappa shape index (κ3) is 17.7. The molecule has 0 heterocycles. The molecule has 0 spiro atoms. The third-order valence-electron chi connectivity index (χ3n) is 2.82. The van der Waals surface area contributed by atoms with E-state index in [1.807, 2.05) is 20.8 Å². The van der Waals surface area contributed by atoms with Gasteiger partial charge in [0.25, 0.3) is 0 Å². The smallest absolute Gasteiger partial charge is 0.410 e. The molecule has 8 nitrogen and oxygen atoms in total. The van der Waals surface area contributed by atoms with Crippen molar-refractivity contribution in [3.05, 3.63) is 0 Å². The molecule has 0 unspecified atom stereocenters. The van der Waals surface area contributed by atoms with Gasteiger partial charge in [-0.2, -0.15) is 0 Å². The van der Waals surface area contributed by atoms with Gasteiger partial charge in [-0.05, 0) is 20.8 Å². The van der Waals surface area contributed by atoms with Crippen LogP contribution in [0.15, 0.2) is 0 Å². The Morgan fingerprint density at radius 2 is 1.16 bits per heavy atom. The fraction of sp³-hybridized carbons (Fsp3) is 0.941. The summed E-state index contributed by atoms with van der Waals surface area (Å²) in [6.07, 6.45) is -0.351. The van der Waals surface area contributed by atoms with E-state index in [0.717, 1.165) is 0 Å². The lowest BCUT2D eigenvalue weighted by molar-refractivity contribution is -0.0103. The average molecular weight is 365 g/mol. The molecule has 0 aliphatic carbocycles. The molecule has 0 aromatic rings. The molecule has 0 N–H and O–H groups in total. The van der Waals surface area contributed by atoms with Gasteiger partial charge in [0.05, 0.1) is 59.5 Å². The van der Waals surface area contributed by atoms with E-state index in [4.69, 9.17) is 28.4 Å². The van der Waals surface area contributed by atoms with Crippen molar-refractivity contribution in [2.75, 3.05) is 80.2 Å². The van der Waals surface area contributed by atoms with Gasteiger partial charge < -0.3 is 33.3 Å². The van der Waals surface area contributed by atoms with Crippen molar-refractivity contribution in [3.8, 4) is 0 Å². The Kier molecular flexibility index (Phi) is 14.8. The molecule has 8 heteroatoms. The molecule has 0 saturated carbocycles. The molecule has 0 bridgehead atoms. The first kappa shape index (κ1) is 24.1. The molecule has 0 aliphatic heterocycles. The molecule has 0 aromatic heterocycles. The normalized spacial score (nSPS) is 11.6. The highest BCUT2D eigenvalue weighted by atomic mass is 16.6. The van der Waals surface area contributed by atoms with Crippen molar-refractivity contribution in [2.24, 2.45) is 0 Å². The Morgan fingerprint density at radius 3 is 1.56 bits per heavy atom. The summed E-state index contributed by atoms with van der Waals surface area (Å²) in [6.45, 7) is 10.7. The minimum absolute atomic E-state index is 0.351. The lowest BCUT2D eigenvalue weighted by Crippen LogP contribution is -2.36. The summed E-state index contributed by atoms with van der Waals surface area (Å²) in [5.74, 6) is 0. The number of methoxy groups -OCH3 is 1. The largest absolute Gasteiger partial charge is 0.444 e. The van der Waals surface area contributed by atoms with Crippen LogP contribution in [-0.4, -0.2) is 96.8 Å². The van der Waals surface area contributed by atoms with Crippen LogP contribution in [0.4, 0.5) is 4.79 Å². The summed E-state index contributed by atoms with van der Waals surface area (Å²) in [5, 5.41) is 0. The highest BCUT2D eigenvalue weighted by Gasteiger charge is 2.19. The van der Waals surface area contributed by atoms with Crippen LogP contribution in [0.1, 0.15) is 20.8 Å². The first-order valence-electron chi connectivity index (χ1n) is 8.61. The monoisotopic (exact) mass is 365 g/mol. The van der Waals surface area contributed by atoms with Crippen LogP contribution in [0.2, 0.25) is 0 Å². The van der Waals surface area contributed by atoms with E-state index in [0.29, 0.717) is 66.0 Å². The van der Waals surface area contributed by atoms with Gasteiger partial charge in [-0.3, -0.25) is 0 Å². The van der Waals surface area contributed by atoms with Gasteiger partial charge in [-0.15, -0.1) is 0 Å². The molecule has 0 saturated heterocycles. The summed E-state index contributed by atoms with van der Waals surface area (Å²) in [6, 6.07) is 0. The summed E-state index contributed by atoms with van der Waals surface area (Å²) < 4.78 is 31.5. The predicted octanol–water partition coefficient (Wildman–Crippen LogP) is 1.57. The van der Waals surface area contributed by atoms with Crippen LogP contribution in [0.5, 0.6) is 0 Å². The quantitative estimate of drug-likeness (QED) is 0.408. The molecule has 0 fully saturated rings. The topological polar surface area (TPSA) is 75.7 Å². The number of likely N-dealkylation sites (N-methyl/N-ethyl adjacent to an activating group) is 1. The Bertz CT molecular complexity index is 321. The highest BCUT2D eigenvalue weighted by Crippen LogP contribution is 2.08. The third-order valence-corrected chi connectivity index (χ3v) is 2.82. The summed E-state index contributed by atoms with van der Waals surface area (Å²) in [5.41, 5.74) is -0.488. The van der Waals surface area contributed by atoms with E-state index in [2.05, 4.69) is 0 Å². The molecule has 0 aromatic carbocycles. The molecule has 0 rings (SSSR count). The van der Waals surface area contributed by atoms with E-state index < -0.39 is 5.60 Å². The van der Waals surface area contributed by atoms with E-state index in [9.17, 15) is 4.79 Å². The van der Waals surface area contributed by atoms with E-state index in [1.165, 1.54) is 4.90 Å². The molecule has 0 aliphatic rings. The first-order valence-corrected chi connectivity index (χ1v) is 8.61. The molecule has 0 atom stereocenters. The van der Waals surface area contributed by atoms with Crippen LogP contribution in [0.3, 0.4) is 0 Å². The lowest BCUT2D eigenvalue weighted by atomic mass is 10.2. The second kappa shape index (κ2) is 15.3. The Balaban J connectivity index is 3.29. The van der Waals surface area contributed by atoms with Gasteiger partial charge in [0.15, 0.2) is 0 Å². The fourth-order valence-electron chi connectivity index (χ4n) is 1.54. The zero-order valence-corrected chi connectivity index (χ0v) is 16.4. The van der Waals surface area contributed by atoms with Crippen molar-refractivity contribution in [1.82, 2.24) is 4.90 Å². The summed E-state index contributed by atoms with van der Waals surface area (Å²) in [7, 11) is 3.32. The minimum Gasteiger partial charge on any atom is -0.444 e. The lowest BCUT2D eigenvalue weighted by Gasteiger charge is -2.24. The maximum atomic E-state index is 11.7. The van der Waals surface area contributed by atoms with E-state index >= 15 is 0 Å². The number of rotatable bonds is 15. The van der Waals surface area contributed by atoms with Crippen molar-refractivity contribution in [3.63, 3.8) is 0 Å². The maximum Gasteiger partial charge on any atom is 0.410 e.